The monoisotopic (exact) mass is 281 g/mol. The summed E-state index contributed by atoms with van der Waals surface area (Å²) in [4.78, 5) is 3.97. The highest BCUT2D eigenvalue weighted by atomic mass is 32.2. The van der Waals surface area contributed by atoms with E-state index in [4.69, 9.17) is 5.73 Å². The first-order chi connectivity index (χ1) is 8.90. The van der Waals surface area contributed by atoms with Crippen molar-refractivity contribution in [3.8, 4) is 0 Å². The van der Waals surface area contributed by atoms with E-state index in [-0.39, 0.29) is 10.6 Å². The van der Waals surface area contributed by atoms with Gasteiger partial charge in [-0.1, -0.05) is 6.07 Å². The lowest BCUT2D eigenvalue weighted by Crippen LogP contribution is -2.28. The van der Waals surface area contributed by atoms with Gasteiger partial charge in [-0.05, 0) is 31.5 Å². The van der Waals surface area contributed by atoms with Gasteiger partial charge in [0.2, 0.25) is 10.0 Å². The fourth-order valence-electron chi connectivity index (χ4n) is 1.69. The standard InChI is InChI=1S/C11H15N5O2S/c1-7-3-4-10(9(12)5-7)19(17,18)16-8(2)11-13-6-14-15-11/h3-6,8,16H,12H2,1-2H3,(H,13,14,15). The Hall–Kier alpha value is -1.93. The molecule has 1 atom stereocenters. The summed E-state index contributed by atoms with van der Waals surface area (Å²) in [7, 11) is -3.70. The van der Waals surface area contributed by atoms with Crippen LogP contribution >= 0.6 is 0 Å². The molecule has 0 aliphatic rings. The molecular weight excluding hydrogens is 266 g/mol. The second-order valence-electron chi connectivity index (χ2n) is 4.25. The van der Waals surface area contributed by atoms with Crippen LogP contribution in [0.25, 0.3) is 0 Å². The minimum absolute atomic E-state index is 0.0597. The number of nitrogens with two attached hydrogens (primary N) is 1. The van der Waals surface area contributed by atoms with E-state index in [1.807, 2.05) is 6.92 Å². The number of hydrogen-bond acceptors (Lipinski definition) is 5. The van der Waals surface area contributed by atoms with Crippen molar-refractivity contribution in [2.24, 2.45) is 0 Å². The third-order valence-corrected chi connectivity index (χ3v) is 4.25. The molecule has 0 amide bonds. The molecule has 0 saturated heterocycles. The Morgan fingerprint density at radius 2 is 2.16 bits per heavy atom. The van der Waals surface area contributed by atoms with Gasteiger partial charge in [-0.3, -0.25) is 5.10 Å². The van der Waals surface area contributed by atoms with Crippen molar-refractivity contribution >= 4 is 15.7 Å². The fraction of sp³-hybridized carbons (Fsp3) is 0.273. The smallest absolute Gasteiger partial charge is 0.243 e. The predicted octanol–water partition coefficient (Wildman–Crippen LogP) is 0.735. The van der Waals surface area contributed by atoms with E-state index >= 15 is 0 Å². The van der Waals surface area contributed by atoms with Crippen molar-refractivity contribution < 1.29 is 8.42 Å². The predicted molar refractivity (Wildman–Crippen MR) is 70.7 cm³/mol. The lowest BCUT2D eigenvalue weighted by Gasteiger charge is -2.13. The molecule has 0 fully saturated rings. The number of hydrogen-bond donors (Lipinski definition) is 3. The average molecular weight is 281 g/mol. The second kappa shape index (κ2) is 4.98. The van der Waals surface area contributed by atoms with Crippen LogP contribution in [0.1, 0.15) is 24.4 Å². The molecule has 0 spiro atoms. The van der Waals surface area contributed by atoms with Gasteiger partial charge in [0.05, 0.1) is 11.7 Å². The number of rotatable bonds is 4. The summed E-state index contributed by atoms with van der Waals surface area (Å²) < 4.78 is 26.9. The summed E-state index contributed by atoms with van der Waals surface area (Å²) in [6.45, 7) is 3.51. The topological polar surface area (TPSA) is 114 Å². The SMILES string of the molecule is Cc1ccc(S(=O)(=O)NC(C)c2ncn[nH]2)c(N)c1. The summed E-state index contributed by atoms with van der Waals surface area (Å²) in [5, 5.41) is 6.29. The van der Waals surface area contributed by atoms with Crippen molar-refractivity contribution in [1.82, 2.24) is 19.9 Å². The number of aryl methyl sites for hydroxylation is 1. The van der Waals surface area contributed by atoms with Gasteiger partial charge in [-0.25, -0.2) is 18.1 Å². The van der Waals surface area contributed by atoms with E-state index in [1.54, 1.807) is 19.1 Å². The van der Waals surface area contributed by atoms with Crippen LogP contribution in [-0.4, -0.2) is 23.6 Å². The summed E-state index contributed by atoms with van der Waals surface area (Å²) in [5.74, 6) is 0.439. The number of aromatic nitrogens is 3. The van der Waals surface area contributed by atoms with Crippen LogP contribution in [0.3, 0.4) is 0 Å². The number of sulfonamides is 1. The summed E-state index contributed by atoms with van der Waals surface area (Å²) in [6, 6.07) is 4.28. The average Bonchev–Trinajstić information content (AvgIpc) is 2.80. The van der Waals surface area contributed by atoms with E-state index < -0.39 is 16.1 Å². The van der Waals surface area contributed by atoms with E-state index in [9.17, 15) is 8.42 Å². The van der Waals surface area contributed by atoms with Crippen LogP contribution < -0.4 is 10.5 Å². The molecule has 1 heterocycles. The molecule has 1 aromatic carbocycles. The van der Waals surface area contributed by atoms with Gasteiger partial charge in [0.1, 0.15) is 17.0 Å². The number of benzene rings is 1. The molecule has 19 heavy (non-hydrogen) atoms. The van der Waals surface area contributed by atoms with E-state index in [0.717, 1.165) is 5.56 Å². The van der Waals surface area contributed by atoms with E-state index in [1.165, 1.54) is 12.4 Å². The van der Waals surface area contributed by atoms with Gasteiger partial charge in [-0.2, -0.15) is 5.10 Å². The molecule has 0 saturated carbocycles. The highest BCUT2D eigenvalue weighted by molar-refractivity contribution is 7.89. The van der Waals surface area contributed by atoms with Crippen LogP contribution in [0.4, 0.5) is 5.69 Å². The minimum Gasteiger partial charge on any atom is -0.398 e. The van der Waals surface area contributed by atoms with Gasteiger partial charge in [-0.15, -0.1) is 0 Å². The highest BCUT2D eigenvalue weighted by Crippen LogP contribution is 2.21. The highest BCUT2D eigenvalue weighted by Gasteiger charge is 2.21. The Morgan fingerprint density at radius 3 is 2.74 bits per heavy atom. The van der Waals surface area contributed by atoms with E-state index in [2.05, 4.69) is 19.9 Å². The lowest BCUT2D eigenvalue weighted by molar-refractivity contribution is 0.560. The minimum atomic E-state index is -3.70. The number of nitrogens with one attached hydrogen (secondary N) is 2. The van der Waals surface area contributed by atoms with Crippen LogP contribution in [0, 0.1) is 6.92 Å². The maximum absolute atomic E-state index is 12.2. The Kier molecular flexibility index (Phi) is 3.54. The molecular formula is C11H15N5O2S. The Bertz CT molecular complexity index is 666. The van der Waals surface area contributed by atoms with Crippen molar-refractivity contribution in [1.29, 1.82) is 0 Å². The lowest BCUT2D eigenvalue weighted by atomic mass is 10.2. The van der Waals surface area contributed by atoms with Gasteiger partial charge in [0.25, 0.3) is 0 Å². The molecule has 0 aliphatic heterocycles. The first-order valence-corrected chi connectivity index (χ1v) is 7.12. The van der Waals surface area contributed by atoms with Crippen molar-refractivity contribution in [3.05, 3.63) is 35.9 Å². The summed E-state index contributed by atoms with van der Waals surface area (Å²) in [5.41, 5.74) is 6.87. The number of anilines is 1. The van der Waals surface area contributed by atoms with Gasteiger partial charge in [0.15, 0.2) is 0 Å². The van der Waals surface area contributed by atoms with Crippen LogP contribution in [0.15, 0.2) is 29.4 Å². The largest absolute Gasteiger partial charge is 0.398 e. The first kappa shape index (κ1) is 13.5. The normalized spacial score (nSPS) is 13.4. The zero-order chi connectivity index (χ0) is 14.0. The molecule has 7 nitrogen and oxygen atoms in total. The van der Waals surface area contributed by atoms with Crippen LogP contribution in [-0.2, 0) is 10.0 Å². The molecule has 8 heteroatoms. The van der Waals surface area contributed by atoms with Crippen molar-refractivity contribution in [2.75, 3.05) is 5.73 Å². The molecule has 2 rings (SSSR count). The molecule has 0 bridgehead atoms. The van der Waals surface area contributed by atoms with Gasteiger partial charge < -0.3 is 5.73 Å². The molecule has 1 unspecified atom stereocenters. The Balaban J connectivity index is 2.28. The number of nitrogen functional groups attached to an aromatic ring is 1. The molecule has 0 radical (unpaired) electrons. The third-order valence-electron chi connectivity index (χ3n) is 2.63. The second-order valence-corrected chi connectivity index (χ2v) is 5.94. The molecule has 1 aromatic heterocycles. The number of nitrogens with zero attached hydrogens (tertiary/aromatic N) is 2. The Labute approximate surface area is 111 Å². The maximum Gasteiger partial charge on any atom is 0.243 e. The van der Waals surface area contributed by atoms with Crippen LogP contribution in [0.2, 0.25) is 0 Å². The van der Waals surface area contributed by atoms with Gasteiger partial charge >= 0.3 is 0 Å². The molecule has 0 aliphatic carbocycles. The third kappa shape index (κ3) is 2.91. The van der Waals surface area contributed by atoms with Gasteiger partial charge in [0, 0.05) is 0 Å². The molecule has 4 N–H and O–H groups in total. The maximum atomic E-state index is 12.2. The first-order valence-electron chi connectivity index (χ1n) is 5.64. The zero-order valence-electron chi connectivity index (χ0n) is 10.6. The van der Waals surface area contributed by atoms with Crippen molar-refractivity contribution in [2.45, 2.75) is 24.8 Å². The van der Waals surface area contributed by atoms with Crippen molar-refractivity contribution in [3.63, 3.8) is 0 Å². The summed E-state index contributed by atoms with van der Waals surface area (Å²) in [6.07, 6.45) is 1.32. The number of aromatic amines is 1. The quantitative estimate of drug-likeness (QED) is 0.715. The molecule has 2 aromatic rings. The van der Waals surface area contributed by atoms with E-state index in [0.29, 0.717) is 5.82 Å². The summed E-state index contributed by atoms with van der Waals surface area (Å²) >= 11 is 0. The Morgan fingerprint density at radius 1 is 1.42 bits per heavy atom. The zero-order valence-corrected chi connectivity index (χ0v) is 11.4. The fourth-order valence-corrected chi connectivity index (χ4v) is 3.01. The van der Waals surface area contributed by atoms with Crippen LogP contribution in [0.5, 0.6) is 0 Å². The number of H-pyrrole nitrogens is 1. The molecule has 102 valence electrons.